The summed E-state index contributed by atoms with van der Waals surface area (Å²) in [5.41, 5.74) is 7.37. The number of nitrogens with zero attached hydrogens (tertiary/aromatic N) is 2. The van der Waals surface area contributed by atoms with E-state index in [-0.39, 0.29) is 18.8 Å². The van der Waals surface area contributed by atoms with Gasteiger partial charge in [-0.25, -0.2) is 0 Å². The Kier molecular flexibility index (Phi) is 6.57. The van der Waals surface area contributed by atoms with Crippen LogP contribution < -0.4 is 25.8 Å². The lowest BCUT2D eigenvalue weighted by Gasteiger charge is -2.41. The molecule has 27 heavy (non-hydrogen) atoms. The molecule has 8 nitrogen and oxygen atoms in total. The van der Waals surface area contributed by atoms with Crippen LogP contribution in [0.5, 0.6) is 11.5 Å². The Morgan fingerprint density at radius 2 is 2.37 bits per heavy atom. The van der Waals surface area contributed by atoms with E-state index in [0.717, 1.165) is 49.4 Å². The van der Waals surface area contributed by atoms with E-state index in [1.165, 1.54) is 11.9 Å². The summed E-state index contributed by atoms with van der Waals surface area (Å²) in [6.07, 6.45) is 3.72. The normalized spacial score (nSPS) is 18.1. The third-order valence-electron chi connectivity index (χ3n) is 4.79. The number of aliphatic imine (C=N–C) groups is 1. The van der Waals surface area contributed by atoms with Crippen molar-refractivity contribution >= 4 is 19.7 Å². The van der Waals surface area contributed by atoms with Crippen LogP contribution in [0, 0.1) is 6.92 Å². The van der Waals surface area contributed by atoms with Crippen LogP contribution in [0.25, 0.3) is 0 Å². The van der Waals surface area contributed by atoms with Gasteiger partial charge in [0.25, 0.3) is 0 Å². The molecule has 1 unspecified atom stereocenters. The van der Waals surface area contributed by atoms with Crippen LogP contribution in [0.3, 0.4) is 0 Å². The summed E-state index contributed by atoms with van der Waals surface area (Å²) >= 11 is 0. The highest BCUT2D eigenvalue weighted by atomic mass is 16.5. The number of ether oxygens (including phenoxy) is 1. The zero-order valence-corrected chi connectivity index (χ0v) is 15.9. The molecule has 3 rings (SSSR count). The number of likely N-dealkylation sites (tertiary alicyclic amines) is 1. The molecular weight excluding hydrogens is 345 g/mol. The molecule has 9 heteroatoms. The molecule has 1 saturated heterocycles. The number of nitrogens with two attached hydrogens (primary N) is 1. The van der Waals surface area contributed by atoms with Gasteiger partial charge in [-0.1, -0.05) is 6.07 Å². The number of benzene rings is 1. The second-order valence-corrected chi connectivity index (χ2v) is 6.90. The molecule has 2 aliphatic rings. The zero-order valence-electron chi connectivity index (χ0n) is 15.9. The largest absolute Gasteiger partial charge is 0.563 e. The minimum absolute atomic E-state index is 0.00926. The third-order valence-corrected chi connectivity index (χ3v) is 4.79. The number of primary amides is 1. The molecule has 0 bridgehead atoms. The summed E-state index contributed by atoms with van der Waals surface area (Å²) in [6, 6.07) is 4.16. The van der Waals surface area contributed by atoms with Crippen molar-refractivity contribution in [2.24, 2.45) is 10.7 Å². The number of fused-ring (bicyclic) bond motifs is 1. The van der Waals surface area contributed by atoms with E-state index in [0.29, 0.717) is 0 Å². The van der Waals surface area contributed by atoms with Crippen molar-refractivity contribution in [3.8, 4) is 11.5 Å². The second-order valence-electron chi connectivity index (χ2n) is 6.90. The first-order valence-electron chi connectivity index (χ1n) is 9.26. The zero-order chi connectivity index (χ0) is 19.2. The molecule has 0 aliphatic carbocycles. The number of aryl methyl sites for hydroxylation is 1. The number of carbonyl (C=O) groups excluding carboxylic acids is 1. The summed E-state index contributed by atoms with van der Waals surface area (Å²) in [4.78, 5) is 16.9. The number of likely N-dealkylation sites (N-methyl/N-ethyl adjacent to an activating group) is 1. The van der Waals surface area contributed by atoms with Crippen LogP contribution in [0.4, 0.5) is 0 Å². The Morgan fingerprint density at radius 1 is 1.56 bits per heavy atom. The molecule has 1 radical (unpaired) electrons. The molecule has 0 spiro atoms. The number of amides is 1. The van der Waals surface area contributed by atoms with Gasteiger partial charge < -0.3 is 20.4 Å². The highest BCUT2D eigenvalue weighted by Gasteiger charge is 2.30. The minimum Gasteiger partial charge on any atom is -0.563 e. The first-order chi connectivity index (χ1) is 13.1. The van der Waals surface area contributed by atoms with Gasteiger partial charge in [0.2, 0.25) is 5.91 Å². The van der Waals surface area contributed by atoms with Crippen molar-refractivity contribution in [1.82, 2.24) is 15.5 Å². The van der Waals surface area contributed by atoms with E-state index < -0.39 is 5.91 Å². The molecule has 1 amide bonds. The second kappa shape index (κ2) is 9.10. The molecule has 4 N–H and O–H groups in total. The first-order valence-corrected chi connectivity index (χ1v) is 9.26. The van der Waals surface area contributed by atoms with Crippen LogP contribution >= 0.6 is 0 Å². The SMILES string of the molecule is CNC(CN1CC(Oc2ccc3c(c2C)O[B]CC3)C1)NC=NCC(N)=O. The van der Waals surface area contributed by atoms with Gasteiger partial charge in [0.15, 0.2) is 0 Å². The molecule has 2 heterocycles. The summed E-state index contributed by atoms with van der Waals surface area (Å²) in [6.45, 7) is 4.57. The fourth-order valence-electron chi connectivity index (χ4n) is 3.26. The molecule has 2 aliphatic heterocycles. The maximum atomic E-state index is 10.7. The van der Waals surface area contributed by atoms with Crippen molar-refractivity contribution in [3.05, 3.63) is 23.3 Å². The van der Waals surface area contributed by atoms with Crippen molar-refractivity contribution in [1.29, 1.82) is 0 Å². The smallest absolute Gasteiger partial charge is 0.370 e. The molecule has 1 aromatic rings. The maximum Gasteiger partial charge on any atom is 0.370 e. The van der Waals surface area contributed by atoms with Crippen LogP contribution in [0.2, 0.25) is 6.32 Å². The third kappa shape index (κ3) is 5.14. The van der Waals surface area contributed by atoms with E-state index in [4.69, 9.17) is 15.1 Å². The van der Waals surface area contributed by atoms with Gasteiger partial charge in [-0.2, -0.15) is 0 Å². The van der Waals surface area contributed by atoms with Crippen molar-refractivity contribution in [3.63, 3.8) is 0 Å². The predicted octanol–water partition coefficient (Wildman–Crippen LogP) is -0.321. The molecule has 1 atom stereocenters. The van der Waals surface area contributed by atoms with Gasteiger partial charge in [-0.3, -0.25) is 20.0 Å². The average Bonchev–Trinajstić information content (AvgIpc) is 2.63. The first kappa shape index (κ1) is 19.5. The number of rotatable bonds is 9. The van der Waals surface area contributed by atoms with Gasteiger partial charge in [-0.05, 0) is 38.3 Å². The van der Waals surface area contributed by atoms with Crippen molar-refractivity contribution in [2.45, 2.75) is 31.9 Å². The van der Waals surface area contributed by atoms with E-state index in [9.17, 15) is 4.79 Å². The fourth-order valence-corrected chi connectivity index (χ4v) is 3.26. The summed E-state index contributed by atoms with van der Waals surface area (Å²) in [5, 5.41) is 6.29. The number of nitrogens with one attached hydrogen (secondary N) is 2. The Hall–Kier alpha value is -2.26. The van der Waals surface area contributed by atoms with Crippen LogP contribution in [0.1, 0.15) is 11.1 Å². The highest BCUT2D eigenvalue weighted by Crippen LogP contribution is 2.35. The Morgan fingerprint density at radius 3 is 3.11 bits per heavy atom. The van der Waals surface area contributed by atoms with Gasteiger partial charge in [0.05, 0.1) is 12.5 Å². The highest BCUT2D eigenvalue weighted by molar-refractivity contribution is 6.29. The molecule has 0 saturated carbocycles. The summed E-state index contributed by atoms with van der Waals surface area (Å²) < 4.78 is 11.9. The van der Waals surface area contributed by atoms with Crippen molar-refractivity contribution < 1.29 is 14.2 Å². The lowest BCUT2D eigenvalue weighted by Crippen LogP contribution is -2.59. The molecule has 1 fully saturated rings. The van der Waals surface area contributed by atoms with Gasteiger partial charge >= 0.3 is 7.48 Å². The van der Waals surface area contributed by atoms with E-state index in [1.54, 1.807) is 0 Å². The predicted molar refractivity (Wildman–Crippen MR) is 105 cm³/mol. The summed E-state index contributed by atoms with van der Waals surface area (Å²) in [5.74, 6) is 1.40. The number of hydrogen-bond acceptors (Lipinski definition) is 6. The van der Waals surface area contributed by atoms with E-state index in [2.05, 4.69) is 39.6 Å². The molecule has 1 aromatic carbocycles. The maximum absolute atomic E-state index is 10.7. The Labute approximate surface area is 160 Å². The Balaban J connectivity index is 1.44. The Bertz CT molecular complexity index is 694. The standard InChI is InChI=1S/C18H27BN5O3/c1-12-15(4-3-13-5-6-19-27-18(12)13)26-14-8-24(9-14)10-17(21-2)23-11-22-7-16(20)25/h3-4,11,14,17,21H,5-10H2,1-2H3,(H2,20,25)(H,22,23). The lowest BCUT2D eigenvalue weighted by atomic mass is 9.85. The molecule has 145 valence electrons. The van der Waals surface area contributed by atoms with Gasteiger partial charge in [0, 0.05) is 25.2 Å². The fraction of sp³-hybridized carbons (Fsp3) is 0.556. The average molecular weight is 372 g/mol. The van der Waals surface area contributed by atoms with E-state index >= 15 is 0 Å². The monoisotopic (exact) mass is 372 g/mol. The van der Waals surface area contributed by atoms with Gasteiger partial charge in [-0.15, -0.1) is 0 Å². The van der Waals surface area contributed by atoms with Crippen molar-refractivity contribution in [2.75, 3.05) is 33.2 Å². The number of carbonyl (C=O) groups is 1. The van der Waals surface area contributed by atoms with E-state index in [1.807, 2.05) is 14.5 Å². The number of hydrogen-bond donors (Lipinski definition) is 3. The quantitative estimate of drug-likeness (QED) is 0.238. The topological polar surface area (TPSA) is 101 Å². The lowest BCUT2D eigenvalue weighted by molar-refractivity contribution is -0.116. The summed E-state index contributed by atoms with van der Waals surface area (Å²) in [7, 11) is 3.74. The van der Waals surface area contributed by atoms with Gasteiger partial charge in [0.1, 0.15) is 24.1 Å². The molecular formula is C18H27BN5O3. The van der Waals surface area contributed by atoms with Crippen LogP contribution in [-0.2, 0) is 11.2 Å². The van der Waals surface area contributed by atoms with Crippen LogP contribution in [0.15, 0.2) is 17.1 Å². The minimum atomic E-state index is -0.447. The van der Waals surface area contributed by atoms with Crippen LogP contribution in [-0.4, -0.2) is 70.1 Å². The molecule has 0 aromatic heterocycles.